The molecule has 0 saturated heterocycles. The zero-order valence-electron chi connectivity index (χ0n) is 11.9. The Kier molecular flexibility index (Phi) is 6.44. The van der Waals surface area contributed by atoms with Crippen molar-refractivity contribution in [2.45, 2.75) is 19.7 Å². The second kappa shape index (κ2) is 7.59. The summed E-state index contributed by atoms with van der Waals surface area (Å²) in [6.45, 7) is 7.50. The van der Waals surface area contributed by atoms with Gasteiger partial charge in [-0.3, -0.25) is 0 Å². The normalized spacial score (nSPS) is 11.3. The first-order valence-corrected chi connectivity index (χ1v) is 6.98. The van der Waals surface area contributed by atoms with Crippen molar-refractivity contribution in [3.63, 3.8) is 0 Å². The van der Waals surface area contributed by atoms with Crippen LogP contribution >= 0.6 is 11.6 Å². The molecule has 1 rings (SSSR count). The summed E-state index contributed by atoms with van der Waals surface area (Å²) in [4.78, 5) is 9.13. The third-order valence-corrected chi connectivity index (χ3v) is 2.93. The third-order valence-electron chi connectivity index (χ3n) is 2.66. The number of halogens is 1. The lowest BCUT2D eigenvalue weighted by molar-refractivity contribution is 0.408. The van der Waals surface area contributed by atoms with E-state index in [1.165, 1.54) is 0 Å². The van der Waals surface area contributed by atoms with Crippen LogP contribution in [0.3, 0.4) is 0 Å². The lowest BCUT2D eigenvalue weighted by Gasteiger charge is -2.27. The molecule has 0 aliphatic rings. The molecular formula is C14H24ClN3. The van der Waals surface area contributed by atoms with E-state index in [2.05, 4.69) is 48.8 Å². The Morgan fingerprint density at radius 3 is 2.50 bits per heavy atom. The molecule has 0 fully saturated rings. The molecule has 0 unspecified atom stereocenters. The van der Waals surface area contributed by atoms with E-state index in [-0.39, 0.29) is 0 Å². The van der Waals surface area contributed by atoms with Gasteiger partial charge in [0.15, 0.2) is 0 Å². The zero-order valence-corrected chi connectivity index (χ0v) is 12.6. The number of pyridine rings is 1. The SMILES string of the molecule is CC(C)CN(CCN(C)C)c1cccc(CCl)n1. The molecule has 1 aromatic heterocycles. The maximum Gasteiger partial charge on any atom is 0.128 e. The molecule has 0 saturated carbocycles. The van der Waals surface area contributed by atoms with Gasteiger partial charge < -0.3 is 9.80 Å². The number of nitrogens with zero attached hydrogens (tertiary/aromatic N) is 3. The predicted octanol–water partition coefficient (Wildman–Crippen LogP) is 2.84. The van der Waals surface area contributed by atoms with Gasteiger partial charge in [0.05, 0.1) is 11.6 Å². The molecule has 0 radical (unpaired) electrons. The number of hydrogen-bond acceptors (Lipinski definition) is 3. The number of likely N-dealkylation sites (N-methyl/N-ethyl adjacent to an activating group) is 1. The second-order valence-corrected chi connectivity index (χ2v) is 5.53. The van der Waals surface area contributed by atoms with Gasteiger partial charge in [0.2, 0.25) is 0 Å². The van der Waals surface area contributed by atoms with E-state index in [1.807, 2.05) is 12.1 Å². The minimum Gasteiger partial charge on any atom is -0.355 e. The smallest absolute Gasteiger partial charge is 0.128 e. The standard InChI is InChI=1S/C14H24ClN3/c1-12(2)11-18(9-8-17(3)4)14-7-5-6-13(10-15)16-14/h5-7,12H,8-11H2,1-4H3. The molecule has 0 N–H and O–H groups in total. The number of rotatable bonds is 7. The van der Waals surface area contributed by atoms with E-state index in [0.29, 0.717) is 11.8 Å². The molecule has 1 heterocycles. The molecule has 18 heavy (non-hydrogen) atoms. The molecule has 3 nitrogen and oxygen atoms in total. The molecule has 0 atom stereocenters. The van der Waals surface area contributed by atoms with E-state index in [1.54, 1.807) is 0 Å². The maximum atomic E-state index is 5.85. The van der Waals surface area contributed by atoms with Crippen molar-refractivity contribution in [3.8, 4) is 0 Å². The lowest BCUT2D eigenvalue weighted by atomic mass is 10.2. The van der Waals surface area contributed by atoms with Gasteiger partial charge in [-0.2, -0.15) is 0 Å². The third kappa shape index (κ3) is 5.23. The van der Waals surface area contributed by atoms with Crippen LogP contribution in [0, 0.1) is 5.92 Å². The van der Waals surface area contributed by atoms with Crippen LogP contribution < -0.4 is 4.90 Å². The van der Waals surface area contributed by atoms with Gasteiger partial charge in [0.1, 0.15) is 5.82 Å². The van der Waals surface area contributed by atoms with E-state index < -0.39 is 0 Å². The molecule has 0 spiro atoms. The topological polar surface area (TPSA) is 19.4 Å². The van der Waals surface area contributed by atoms with Gasteiger partial charge in [-0.1, -0.05) is 19.9 Å². The Bertz CT molecular complexity index is 353. The zero-order chi connectivity index (χ0) is 13.5. The average Bonchev–Trinajstić information content (AvgIpc) is 2.34. The highest BCUT2D eigenvalue weighted by atomic mass is 35.5. The molecule has 0 amide bonds. The van der Waals surface area contributed by atoms with Crippen LogP contribution in [-0.2, 0) is 5.88 Å². The molecular weight excluding hydrogens is 246 g/mol. The van der Waals surface area contributed by atoms with Gasteiger partial charge >= 0.3 is 0 Å². The number of alkyl halides is 1. The van der Waals surface area contributed by atoms with E-state index >= 15 is 0 Å². The van der Waals surface area contributed by atoms with Gasteiger partial charge in [0.25, 0.3) is 0 Å². The summed E-state index contributed by atoms with van der Waals surface area (Å²) in [5.74, 6) is 2.12. The number of anilines is 1. The first-order valence-electron chi connectivity index (χ1n) is 6.44. The molecule has 0 aliphatic heterocycles. The van der Waals surface area contributed by atoms with Crippen LogP contribution in [0.5, 0.6) is 0 Å². The highest BCUT2D eigenvalue weighted by Gasteiger charge is 2.10. The summed E-state index contributed by atoms with van der Waals surface area (Å²) >= 11 is 5.85. The number of hydrogen-bond donors (Lipinski definition) is 0. The molecule has 0 aromatic carbocycles. The molecule has 4 heteroatoms. The van der Waals surface area contributed by atoms with Crippen molar-refractivity contribution in [1.29, 1.82) is 0 Å². The Balaban J connectivity index is 2.79. The van der Waals surface area contributed by atoms with Gasteiger partial charge in [-0.25, -0.2) is 4.98 Å². The largest absolute Gasteiger partial charge is 0.355 e. The van der Waals surface area contributed by atoms with Gasteiger partial charge in [-0.05, 0) is 32.1 Å². The van der Waals surface area contributed by atoms with Crippen molar-refractivity contribution in [2.75, 3.05) is 38.6 Å². The highest BCUT2D eigenvalue weighted by Crippen LogP contribution is 2.14. The summed E-state index contributed by atoms with van der Waals surface area (Å²) in [5, 5.41) is 0. The second-order valence-electron chi connectivity index (χ2n) is 5.26. The first-order chi connectivity index (χ1) is 8.52. The van der Waals surface area contributed by atoms with Crippen molar-refractivity contribution in [3.05, 3.63) is 23.9 Å². The predicted molar refractivity (Wildman–Crippen MR) is 79.4 cm³/mol. The molecule has 0 aliphatic carbocycles. The minimum absolute atomic E-state index is 0.469. The monoisotopic (exact) mass is 269 g/mol. The Morgan fingerprint density at radius 1 is 1.22 bits per heavy atom. The lowest BCUT2D eigenvalue weighted by Crippen LogP contribution is -2.35. The van der Waals surface area contributed by atoms with Gasteiger partial charge in [-0.15, -0.1) is 11.6 Å². The fraction of sp³-hybridized carbons (Fsp3) is 0.643. The molecule has 102 valence electrons. The Hall–Kier alpha value is -0.800. The Morgan fingerprint density at radius 2 is 1.94 bits per heavy atom. The van der Waals surface area contributed by atoms with Crippen LogP contribution in [0.2, 0.25) is 0 Å². The summed E-state index contributed by atoms with van der Waals surface area (Å²) in [6, 6.07) is 6.06. The summed E-state index contributed by atoms with van der Waals surface area (Å²) in [5.41, 5.74) is 0.938. The maximum absolute atomic E-state index is 5.85. The van der Waals surface area contributed by atoms with Crippen molar-refractivity contribution >= 4 is 17.4 Å². The minimum atomic E-state index is 0.469. The quantitative estimate of drug-likeness (QED) is 0.710. The van der Waals surface area contributed by atoms with Crippen molar-refractivity contribution < 1.29 is 0 Å². The van der Waals surface area contributed by atoms with E-state index in [4.69, 9.17) is 11.6 Å². The summed E-state index contributed by atoms with van der Waals surface area (Å²) in [7, 11) is 4.19. The van der Waals surface area contributed by atoms with Crippen LogP contribution in [0.15, 0.2) is 18.2 Å². The molecule has 1 aromatic rings. The van der Waals surface area contributed by atoms with Crippen LogP contribution in [0.1, 0.15) is 19.5 Å². The van der Waals surface area contributed by atoms with E-state index in [9.17, 15) is 0 Å². The van der Waals surface area contributed by atoms with Crippen molar-refractivity contribution in [2.24, 2.45) is 5.92 Å². The van der Waals surface area contributed by atoms with Crippen LogP contribution in [0.25, 0.3) is 0 Å². The van der Waals surface area contributed by atoms with Crippen LogP contribution in [-0.4, -0.2) is 43.6 Å². The average molecular weight is 270 g/mol. The fourth-order valence-corrected chi connectivity index (χ4v) is 1.93. The fourth-order valence-electron chi connectivity index (χ4n) is 1.78. The summed E-state index contributed by atoms with van der Waals surface area (Å²) in [6.07, 6.45) is 0. The first kappa shape index (κ1) is 15.3. The summed E-state index contributed by atoms with van der Waals surface area (Å²) < 4.78 is 0. The molecule has 0 bridgehead atoms. The van der Waals surface area contributed by atoms with Crippen molar-refractivity contribution in [1.82, 2.24) is 9.88 Å². The number of aromatic nitrogens is 1. The van der Waals surface area contributed by atoms with Gasteiger partial charge in [0, 0.05) is 19.6 Å². The Labute approximate surface area is 116 Å². The van der Waals surface area contributed by atoms with E-state index in [0.717, 1.165) is 31.1 Å². The van der Waals surface area contributed by atoms with Crippen LogP contribution in [0.4, 0.5) is 5.82 Å². The highest BCUT2D eigenvalue weighted by molar-refractivity contribution is 6.16.